The van der Waals surface area contributed by atoms with Crippen LogP contribution >= 0.6 is 0 Å². The second-order valence-corrected chi connectivity index (χ2v) is 3.42. The lowest BCUT2D eigenvalue weighted by atomic mass is 10.0. The van der Waals surface area contributed by atoms with E-state index in [9.17, 15) is 8.78 Å². The fourth-order valence-electron chi connectivity index (χ4n) is 1.36. The van der Waals surface area contributed by atoms with Gasteiger partial charge in [-0.2, -0.15) is 0 Å². The highest BCUT2D eigenvalue weighted by atomic mass is 19.2. The highest BCUT2D eigenvalue weighted by Gasteiger charge is 2.09. The normalized spacial score (nSPS) is 12.8. The Morgan fingerprint density at radius 3 is 2.67 bits per heavy atom. The molecule has 0 bridgehead atoms. The third-order valence-electron chi connectivity index (χ3n) is 2.24. The van der Waals surface area contributed by atoms with Crippen LogP contribution in [0.25, 0.3) is 0 Å². The van der Waals surface area contributed by atoms with Gasteiger partial charge in [0.25, 0.3) is 0 Å². The van der Waals surface area contributed by atoms with Crippen molar-refractivity contribution in [3.05, 3.63) is 35.4 Å². The van der Waals surface area contributed by atoms with Gasteiger partial charge in [-0.25, -0.2) is 8.78 Å². The van der Waals surface area contributed by atoms with Gasteiger partial charge in [0, 0.05) is 19.8 Å². The predicted molar refractivity (Wildman–Crippen MR) is 54.4 cm³/mol. The summed E-state index contributed by atoms with van der Waals surface area (Å²) in [6.45, 7) is 0.622. The lowest BCUT2D eigenvalue weighted by Gasteiger charge is -2.11. The summed E-state index contributed by atoms with van der Waals surface area (Å²) < 4.78 is 30.4. The van der Waals surface area contributed by atoms with E-state index >= 15 is 0 Å². The molecule has 0 heterocycles. The summed E-state index contributed by atoms with van der Waals surface area (Å²) in [5.41, 5.74) is 6.43. The zero-order valence-corrected chi connectivity index (χ0v) is 8.67. The molecule has 1 unspecified atom stereocenters. The summed E-state index contributed by atoms with van der Waals surface area (Å²) in [5, 5.41) is 0. The van der Waals surface area contributed by atoms with Crippen LogP contribution in [-0.4, -0.2) is 13.7 Å². The lowest BCUT2D eigenvalue weighted by Crippen LogP contribution is -2.11. The summed E-state index contributed by atoms with van der Waals surface area (Å²) in [5.74, 6) is -1.70. The number of benzene rings is 1. The lowest BCUT2D eigenvalue weighted by molar-refractivity contribution is 0.190. The summed E-state index contributed by atoms with van der Waals surface area (Å²) in [7, 11) is 1.61. The molecule has 0 saturated heterocycles. The van der Waals surface area contributed by atoms with Gasteiger partial charge in [0.15, 0.2) is 11.6 Å². The van der Waals surface area contributed by atoms with Gasteiger partial charge in [0.1, 0.15) is 0 Å². The van der Waals surface area contributed by atoms with Gasteiger partial charge >= 0.3 is 0 Å². The molecule has 1 rings (SSSR count). The van der Waals surface area contributed by atoms with Crippen molar-refractivity contribution in [3.8, 4) is 0 Å². The second kappa shape index (κ2) is 5.78. The molecule has 15 heavy (non-hydrogen) atoms. The van der Waals surface area contributed by atoms with E-state index in [1.54, 1.807) is 7.11 Å². The molecule has 0 fully saturated rings. The molecule has 0 aliphatic heterocycles. The van der Waals surface area contributed by atoms with E-state index in [0.29, 0.717) is 18.6 Å². The van der Waals surface area contributed by atoms with E-state index < -0.39 is 11.6 Å². The molecular weight excluding hydrogens is 200 g/mol. The minimum atomic E-state index is -0.852. The molecule has 0 spiro atoms. The Hall–Kier alpha value is -1.00. The number of hydrogen-bond acceptors (Lipinski definition) is 2. The van der Waals surface area contributed by atoms with Crippen LogP contribution in [0.1, 0.15) is 24.4 Å². The summed E-state index contributed by atoms with van der Waals surface area (Å²) in [4.78, 5) is 0. The van der Waals surface area contributed by atoms with E-state index in [-0.39, 0.29) is 6.04 Å². The van der Waals surface area contributed by atoms with E-state index in [0.717, 1.165) is 18.6 Å². The molecule has 0 radical (unpaired) electrons. The largest absolute Gasteiger partial charge is 0.385 e. The van der Waals surface area contributed by atoms with Crippen LogP contribution in [0.5, 0.6) is 0 Å². The van der Waals surface area contributed by atoms with Crippen LogP contribution in [-0.2, 0) is 4.74 Å². The highest BCUT2D eigenvalue weighted by molar-refractivity contribution is 5.20. The van der Waals surface area contributed by atoms with Gasteiger partial charge in [-0.3, -0.25) is 0 Å². The zero-order chi connectivity index (χ0) is 11.3. The van der Waals surface area contributed by atoms with Gasteiger partial charge in [0.05, 0.1) is 0 Å². The third-order valence-corrected chi connectivity index (χ3v) is 2.24. The smallest absolute Gasteiger partial charge is 0.159 e. The number of hydrogen-bond donors (Lipinski definition) is 1. The Morgan fingerprint density at radius 1 is 1.33 bits per heavy atom. The average Bonchev–Trinajstić information content (AvgIpc) is 2.22. The van der Waals surface area contributed by atoms with Crippen molar-refractivity contribution in [3.63, 3.8) is 0 Å². The summed E-state index contributed by atoms with van der Waals surface area (Å²) >= 11 is 0. The minimum absolute atomic E-state index is 0.268. The third kappa shape index (κ3) is 3.57. The molecular formula is C11H15F2NO. The molecule has 4 heteroatoms. The SMILES string of the molecule is COCCCC(N)c1ccc(F)c(F)c1. The van der Waals surface area contributed by atoms with Crippen molar-refractivity contribution in [2.45, 2.75) is 18.9 Å². The number of rotatable bonds is 5. The van der Waals surface area contributed by atoms with Crippen LogP contribution in [0, 0.1) is 11.6 Å². The fourth-order valence-corrected chi connectivity index (χ4v) is 1.36. The van der Waals surface area contributed by atoms with E-state index in [1.165, 1.54) is 6.07 Å². The molecule has 0 aromatic heterocycles. The first kappa shape index (κ1) is 12.1. The first-order valence-corrected chi connectivity index (χ1v) is 4.84. The van der Waals surface area contributed by atoms with Crippen molar-refractivity contribution in [2.24, 2.45) is 5.73 Å². The highest BCUT2D eigenvalue weighted by Crippen LogP contribution is 2.18. The van der Waals surface area contributed by atoms with Crippen LogP contribution in [0.15, 0.2) is 18.2 Å². The fraction of sp³-hybridized carbons (Fsp3) is 0.455. The van der Waals surface area contributed by atoms with Crippen LogP contribution in [0.2, 0.25) is 0 Å². The average molecular weight is 215 g/mol. The zero-order valence-electron chi connectivity index (χ0n) is 8.67. The standard InChI is InChI=1S/C11H15F2NO/c1-15-6-2-3-11(14)8-4-5-9(12)10(13)7-8/h4-5,7,11H,2-3,6,14H2,1H3. The molecule has 0 aliphatic carbocycles. The van der Waals surface area contributed by atoms with Crippen molar-refractivity contribution >= 4 is 0 Å². The Kier molecular flexibility index (Phi) is 4.65. The van der Waals surface area contributed by atoms with E-state index in [4.69, 9.17) is 10.5 Å². The Bertz CT molecular complexity index is 317. The molecule has 1 aromatic rings. The quantitative estimate of drug-likeness (QED) is 0.765. The second-order valence-electron chi connectivity index (χ2n) is 3.42. The summed E-state index contributed by atoms with van der Waals surface area (Å²) in [6.07, 6.45) is 1.50. The minimum Gasteiger partial charge on any atom is -0.385 e. The van der Waals surface area contributed by atoms with Gasteiger partial charge in [0.2, 0.25) is 0 Å². The van der Waals surface area contributed by atoms with Crippen LogP contribution in [0.4, 0.5) is 8.78 Å². The van der Waals surface area contributed by atoms with Gasteiger partial charge in [-0.1, -0.05) is 6.07 Å². The number of halogens is 2. The molecule has 0 amide bonds. The van der Waals surface area contributed by atoms with Crippen molar-refractivity contribution < 1.29 is 13.5 Å². The molecule has 1 aromatic carbocycles. The molecule has 0 saturated carbocycles. The first-order valence-electron chi connectivity index (χ1n) is 4.84. The van der Waals surface area contributed by atoms with Crippen LogP contribution in [0.3, 0.4) is 0 Å². The molecule has 84 valence electrons. The van der Waals surface area contributed by atoms with Gasteiger partial charge in [-0.15, -0.1) is 0 Å². The molecule has 2 N–H and O–H groups in total. The van der Waals surface area contributed by atoms with Crippen molar-refractivity contribution in [2.75, 3.05) is 13.7 Å². The first-order chi connectivity index (χ1) is 7.15. The van der Waals surface area contributed by atoms with E-state index in [2.05, 4.69) is 0 Å². The molecule has 1 atom stereocenters. The van der Waals surface area contributed by atoms with Crippen LogP contribution < -0.4 is 5.73 Å². The number of methoxy groups -OCH3 is 1. The van der Waals surface area contributed by atoms with Crippen molar-refractivity contribution in [1.82, 2.24) is 0 Å². The Morgan fingerprint density at radius 2 is 2.07 bits per heavy atom. The van der Waals surface area contributed by atoms with Gasteiger partial charge in [-0.05, 0) is 30.5 Å². The Balaban J connectivity index is 2.57. The maximum Gasteiger partial charge on any atom is 0.159 e. The maximum absolute atomic E-state index is 12.9. The topological polar surface area (TPSA) is 35.2 Å². The Labute approximate surface area is 88.0 Å². The maximum atomic E-state index is 12.9. The molecule has 0 aliphatic rings. The van der Waals surface area contributed by atoms with Gasteiger partial charge < -0.3 is 10.5 Å². The predicted octanol–water partition coefficient (Wildman–Crippen LogP) is 2.39. The molecule has 2 nitrogen and oxygen atoms in total. The van der Waals surface area contributed by atoms with E-state index in [1.807, 2.05) is 0 Å². The summed E-state index contributed by atoms with van der Waals surface area (Å²) in [6, 6.07) is 3.49. The monoisotopic (exact) mass is 215 g/mol. The van der Waals surface area contributed by atoms with Crippen molar-refractivity contribution in [1.29, 1.82) is 0 Å². The number of ether oxygens (including phenoxy) is 1. The number of nitrogens with two attached hydrogens (primary N) is 1.